The Morgan fingerprint density at radius 1 is 1.30 bits per heavy atom. The van der Waals surface area contributed by atoms with Gasteiger partial charge in [-0.3, -0.25) is 4.90 Å². The van der Waals surface area contributed by atoms with Gasteiger partial charge in [-0.05, 0) is 24.3 Å². The summed E-state index contributed by atoms with van der Waals surface area (Å²) in [6.07, 6.45) is 2.08. The summed E-state index contributed by atoms with van der Waals surface area (Å²) < 4.78 is 0. The lowest BCUT2D eigenvalue weighted by atomic mass is 10.1. The largest absolute Gasteiger partial charge is 0.389 e. The second-order valence-electron chi connectivity index (χ2n) is 6.08. The zero-order valence-electron chi connectivity index (χ0n) is 12.2. The Balaban J connectivity index is 1.98. The molecule has 110 valence electrons. The zero-order chi connectivity index (χ0) is 14.7. The summed E-state index contributed by atoms with van der Waals surface area (Å²) in [6, 6.07) is 8.26. The molecule has 0 radical (unpaired) electrons. The van der Waals surface area contributed by atoms with Crippen LogP contribution in [0.2, 0.25) is 0 Å². The Kier molecular flexibility index (Phi) is 5.13. The molecule has 3 N–H and O–H groups in total. The van der Waals surface area contributed by atoms with Gasteiger partial charge in [-0.15, -0.1) is 0 Å². The maximum absolute atomic E-state index is 10.4. The minimum Gasteiger partial charge on any atom is -0.389 e. The van der Waals surface area contributed by atoms with Gasteiger partial charge in [-0.2, -0.15) is 0 Å². The molecule has 0 aromatic heterocycles. The minimum absolute atomic E-state index is 0.394. The predicted octanol–water partition coefficient (Wildman–Crippen LogP) is 2.47. The van der Waals surface area contributed by atoms with Crippen LogP contribution in [-0.2, 0) is 0 Å². The van der Waals surface area contributed by atoms with Gasteiger partial charge in [0.25, 0.3) is 0 Å². The highest BCUT2D eigenvalue weighted by Crippen LogP contribution is 2.29. The molecule has 0 saturated heterocycles. The molecule has 0 heterocycles. The molecule has 1 saturated carbocycles. The molecule has 1 unspecified atom stereocenters. The lowest BCUT2D eigenvalue weighted by Crippen LogP contribution is -2.34. The van der Waals surface area contributed by atoms with E-state index >= 15 is 0 Å². The van der Waals surface area contributed by atoms with Crippen molar-refractivity contribution in [3.05, 3.63) is 35.4 Å². The van der Waals surface area contributed by atoms with E-state index in [0.717, 1.165) is 17.7 Å². The van der Waals surface area contributed by atoms with Crippen LogP contribution in [0.15, 0.2) is 24.3 Å². The van der Waals surface area contributed by atoms with Crippen molar-refractivity contribution in [2.24, 2.45) is 11.7 Å². The Morgan fingerprint density at radius 3 is 2.35 bits per heavy atom. The van der Waals surface area contributed by atoms with Crippen molar-refractivity contribution in [3.8, 4) is 0 Å². The predicted molar refractivity (Wildman–Crippen MR) is 86.7 cm³/mol. The fraction of sp³-hybridized carbons (Fsp3) is 0.562. The van der Waals surface area contributed by atoms with Crippen LogP contribution in [0.25, 0.3) is 0 Å². The Hall–Kier alpha value is -0.970. The third-order valence-electron chi connectivity index (χ3n) is 3.65. The molecule has 1 aliphatic rings. The van der Waals surface area contributed by atoms with Crippen LogP contribution in [0.1, 0.15) is 43.9 Å². The number of benzene rings is 1. The van der Waals surface area contributed by atoms with E-state index in [0.29, 0.717) is 23.5 Å². The van der Waals surface area contributed by atoms with Gasteiger partial charge in [-0.25, -0.2) is 0 Å². The minimum atomic E-state index is -0.449. The maximum Gasteiger partial charge on any atom is 0.103 e. The van der Waals surface area contributed by atoms with Gasteiger partial charge >= 0.3 is 0 Å². The normalized spacial score (nSPS) is 16.6. The first-order valence-electron chi connectivity index (χ1n) is 7.29. The lowest BCUT2D eigenvalue weighted by Gasteiger charge is -2.26. The molecule has 1 atom stereocenters. The molecule has 4 heteroatoms. The monoisotopic (exact) mass is 292 g/mol. The van der Waals surface area contributed by atoms with E-state index < -0.39 is 6.10 Å². The highest BCUT2D eigenvalue weighted by atomic mass is 32.1. The fourth-order valence-corrected chi connectivity index (χ4v) is 2.61. The summed E-state index contributed by atoms with van der Waals surface area (Å²) in [4.78, 5) is 2.81. The lowest BCUT2D eigenvalue weighted by molar-refractivity contribution is 0.101. The van der Waals surface area contributed by atoms with Crippen LogP contribution in [-0.4, -0.2) is 34.1 Å². The first kappa shape index (κ1) is 15.4. The number of nitrogens with two attached hydrogens (primary N) is 1. The molecule has 0 amide bonds. The van der Waals surface area contributed by atoms with Gasteiger partial charge in [0, 0.05) is 24.7 Å². The summed E-state index contributed by atoms with van der Waals surface area (Å²) in [5.74, 6) is 0.625. The summed E-state index contributed by atoms with van der Waals surface area (Å²) >= 11 is 4.94. The highest BCUT2D eigenvalue weighted by molar-refractivity contribution is 7.80. The number of rotatable bonds is 7. The number of thiocarbonyl (C=S) groups is 1. The molecule has 0 spiro atoms. The average molecular weight is 292 g/mol. The van der Waals surface area contributed by atoms with Crippen molar-refractivity contribution >= 4 is 17.2 Å². The van der Waals surface area contributed by atoms with Crippen LogP contribution < -0.4 is 5.73 Å². The average Bonchev–Trinajstić information content (AvgIpc) is 3.21. The number of aliphatic hydroxyl groups is 1. The van der Waals surface area contributed by atoms with Gasteiger partial charge in [0.05, 0.1) is 6.10 Å². The molecule has 20 heavy (non-hydrogen) atoms. The van der Waals surface area contributed by atoms with Crippen molar-refractivity contribution in [2.75, 3.05) is 13.1 Å². The molecule has 1 aliphatic carbocycles. The van der Waals surface area contributed by atoms with Crippen LogP contribution in [0.4, 0.5) is 0 Å². The third-order valence-corrected chi connectivity index (χ3v) is 3.89. The van der Waals surface area contributed by atoms with Crippen LogP contribution >= 0.6 is 12.2 Å². The molecular weight excluding hydrogens is 268 g/mol. The van der Waals surface area contributed by atoms with Gasteiger partial charge < -0.3 is 10.8 Å². The standard InChI is InChI=1S/C16H24N2OS/c1-11(2)9-18(14-7-8-14)10-15(19)12-3-5-13(6-4-12)16(17)20/h3-6,11,14-15,19H,7-10H2,1-2H3,(H2,17,20). The van der Waals surface area contributed by atoms with E-state index in [-0.39, 0.29) is 0 Å². The topological polar surface area (TPSA) is 49.5 Å². The van der Waals surface area contributed by atoms with Crippen LogP contribution in [0.5, 0.6) is 0 Å². The Labute approximate surface area is 126 Å². The Bertz CT molecular complexity index is 454. The number of hydrogen-bond acceptors (Lipinski definition) is 3. The molecule has 3 nitrogen and oxygen atoms in total. The smallest absolute Gasteiger partial charge is 0.103 e. The van der Waals surface area contributed by atoms with Gasteiger partial charge in [-0.1, -0.05) is 50.3 Å². The van der Waals surface area contributed by atoms with E-state index in [2.05, 4.69) is 18.7 Å². The summed E-state index contributed by atoms with van der Waals surface area (Å²) in [7, 11) is 0. The second kappa shape index (κ2) is 6.66. The zero-order valence-corrected chi connectivity index (χ0v) is 13.1. The van der Waals surface area contributed by atoms with Gasteiger partial charge in [0.2, 0.25) is 0 Å². The molecule has 1 fully saturated rings. The van der Waals surface area contributed by atoms with Crippen molar-refractivity contribution in [3.63, 3.8) is 0 Å². The summed E-state index contributed by atoms with van der Waals surface area (Å²) in [5, 5.41) is 10.4. The molecule has 2 rings (SSSR count). The SMILES string of the molecule is CC(C)CN(CC(O)c1ccc(C(N)=S)cc1)C1CC1. The van der Waals surface area contributed by atoms with Crippen LogP contribution in [0, 0.1) is 5.92 Å². The van der Waals surface area contributed by atoms with Crippen molar-refractivity contribution in [1.29, 1.82) is 0 Å². The Morgan fingerprint density at radius 2 is 1.90 bits per heavy atom. The quantitative estimate of drug-likeness (QED) is 0.758. The van der Waals surface area contributed by atoms with Crippen molar-refractivity contribution in [2.45, 2.75) is 38.8 Å². The molecule has 0 aliphatic heterocycles. The molecule has 1 aromatic carbocycles. The third kappa shape index (κ3) is 4.27. The fourth-order valence-electron chi connectivity index (χ4n) is 2.48. The maximum atomic E-state index is 10.4. The van der Waals surface area contributed by atoms with E-state index in [4.69, 9.17) is 18.0 Å². The summed E-state index contributed by atoms with van der Waals surface area (Å²) in [6.45, 7) is 6.19. The van der Waals surface area contributed by atoms with E-state index in [9.17, 15) is 5.11 Å². The van der Waals surface area contributed by atoms with Gasteiger partial charge in [0.15, 0.2) is 0 Å². The first-order valence-corrected chi connectivity index (χ1v) is 7.70. The van der Waals surface area contributed by atoms with Crippen molar-refractivity contribution < 1.29 is 5.11 Å². The van der Waals surface area contributed by atoms with Crippen LogP contribution in [0.3, 0.4) is 0 Å². The van der Waals surface area contributed by atoms with E-state index in [1.54, 1.807) is 0 Å². The van der Waals surface area contributed by atoms with Gasteiger partial charge in [0.1, 0.15) is 4.99 Å². The first-order chi connectivity index (χ1) is 9.47. The van der Waals surface area contributed by atoms with E-state index in [1.165, 1.54) is 12.8 Å². The number of aliphatic hydroxyl groups excluding tert-OH is 1. The number of nitrogens with zero attached hydrogens (tertiary/aromatic N) is 1. The molecule has 1 aromatic rings. The molecule has 0 bridgehead atoms. The molecular formula is C16H24N2OS. The summed E-state index contributed by atoms with van der Waals surface area (Å²) in [5.41, 5.74) is 7.36. The van der Waals surface area contributed by atoms with Crippen molar-refractivity contribution in [1.82, 2.24) is 4.90 Å². The second-order valence-corrected chi connectivity index (χ2v) is 6.52. The number of hydrogen-bond donors (Lipinski definition) is 2. The van der Waals surface area contributed by atoms with E-state index in [1.807, 2.05) is 24.3 Å². The highest BCUT2D eigenvalue weighted by Gasteiger charge is 2.30.